The number of hydrogen-bond acceptors (Lipinski definition) is 1. The average Bonchev–Trinajstić information content (AvgIpc) is 2.15. The number of halogens is 1. The molecule has 0 amide bonds. The van der Waals surface area contributed by atoms with Crippen molar-refractivity contribution in [1.29, 1.82) is 0 Å². The first kappa shape index (κ1) is 8.86. The molecule has 1 aliphatic rings. The van der Waals surface area contributed by atoms with Crippen LogP contribution in [0.25, 0.3) is 10.8 Å². The summed E-state index contributed by atoms with van der Waals surface area (Å²) in [6.45, 7) is 2.08. The van der Waals surface area contributed by atoms with Gasteiger partial charge in [-0.1, -0.05) is 24.3 Å². The molecule has 0 aromatic heterocycles. The maximum atomic E-state index is 13.1. The van der Waals surface area contributed by atoms with Gasteiger partial charge in [-0.2, -0.15) is 0 Å². The number of hydrogen-bond donors (Lipinski definition) is 1. The number of rotatable bonds is 1. The van der Waals surface area contributed by atoms with Crippen LogP contribution in [0.1, 0.15) is 11.5 Å². The molecule has 0 spiro atoms. The van der Waals surface area contributed by atoms with E-state index in [-0.39, 0.29) is 5.82 Å². The fraction of sp³-hybridized carbons (Fsp3) is 0.231. The molecule has 1 nitrogen and oxygen atoms in total. The number of benzene rings is 2. The summed E-state index contributed by atoms with van der Waals surface area (Å²) in [5.41, 5.74) is 1.34. The van der Waals surface area contributed by atoms with Gasteiger partial charge in [0.1, 0.15) is 5.82 Å². The second-order valence-electron chi connectivity index (χ2n) is 4.07. The van der Waals surface area contributed by atoms with Gasteiger partial charge in [0.25, 0.3) is 0 Å². The molecule has 1 fully saturated rings. The van der Waals surface area contributed by atoms with Crippen LogP contribution in [0.3, 0.4) is 0 Å². The van der Waals surface area contributed by atoms with E-state index in [1.807, 2.05) is 18.2 Å². The van der Waals surface area contributed by atoms with Crippen molar-refractivity contribution in [3.63, 3.8) is 0 Å². The van der Waals surface area contributed by atoms with Crippen LogP contribution in [-0.2, 0) is 0 Å². The molecule has 3 rings (SSSR count). The third-order valence-corrected chi connectivity index (χ3v) is 3.10. The smallest absolute Gasteiger partial charge is 0.123 e. The zero-order chi connectivity index (χ0) is 10.3. The molecule has 2 aromatic rings. The lowest BCUT2D eigenvalue weighted by molar-refractivity contribution is 0.451. The van der Waals surface area contributed by atoms with Crippen LogP contribution in [0.2, 0.25) is 0 Å². The van der Waals surface area contributed by atoms with Crippen LogP contribution in [0, 0.1) is 5.82 Å². The predicted octanol–water partition coefficient (Wildman–Crippen LogP) is 2.67. The third kappa shape index (κ3) is 1.41. The Labute approximate surface area is 87.9 Å². The molecule has 0 radical (unpaired) electrons. The summed E-state index contributed by atoms with van der Waals surface area (Å²) in [5, 5.41) is 5.45. The van der Waals surface area contributed by atoms with Crippen LogP contribution in [-0.4, -0.2) is 13.1 Å². The Balaban J connectivity index is 2.21. The zero-order valence-corrected chi connectivity index (χ0v) is 8.33. The Kier molecular flexibility index (Phi) is 1.96. The minimum atomic E-state index is -0.161. The van der Waals surface area contributed by atoms with Crippen LogP contribution in [0.4, 0.5) is 4.39 Å². The summed E-state index contributed by atoms with van der Waals surface area (Å²) >= 11 is 0. The van der Waals surface area contributed by atoms with Crippen molar-refractivity contribution in [2.45, 2.75) is 5.92 Å². The molecule has 15 heavy (non-hydrogen) atoms. The molecule has 0 aliphatic carbocycles. The summed E-state index contributed by atoms with van der Waals surface area (Å²) in [6.07, 6.45) is 0. The Hall–Kier alpha value is -1.41. The molecule has 2 heteroatoms. The van der Waals surface area contributed by atoms with E-state index in [4.69, 9.17) is 0 Å². The second-order valence-corrected chi connectivity index (χ2v) is 4.07. The Morgan fingerprint density at radius 1 is 1.13 bits per heavy atom. The predicted molar refractivity (Wildman–Crippen MR) is 59.5 cm³/mol. The highest BCUT2D eigenvalue weighted by Gasteiger charge is 2.20. The summed E-state index contributed by atoms with van der Waals surface area (Å²) in [6, 6.07) is 11.1. The van der Waals surface area contributed by atoms with Crippen molar-refractivity contribution in [1.82, 2.24) is 5.32 Å². The van der Waals surface area contributed by atoms with E-state index in [2.05, 4.69) is 11.4 Å². The van der Waals surface area contributed by atoms with E-state index in [9.17, 15) is 4.39 Å². The van der Waals surface area contributed by atoms with Crippen molar-refractivity contribution in [3.05, 3.63) is 47.8 Å². The summed E-state index contributed by atoms with van der Waals surface area (Å²) in [5.74, 6) is 0.436. The second kappa shape index (κ2) is 3.31. The highest BCUT2D eigenvalue weighted by Crippen LogP contribution is 2.28. The molecular weight excluding hydrogens is 189 g/mol. The summed E-state index contributed by atoms with van der Waals surface area (Å²) in [4.78, 5) is 0. The van der Waals surface area contributed by atoms with Crippen LogP contribution in [0.5, 0.6) is 0 Å². The summed E-state index contributed by atoms with van der Waals surface area (Å²) in [7, 11) is 0. The molecule has 0 unspecified atom stereocenters. The molecule has 0 saturated carbocycles. The van der Waals surface area contributed by atoms with E-state index < -0.39 is 0 Å². The fourth-order valence-electron chi connectivity index (χ4n) is 2.14. The van der Waals surface area contributed by atoms with E-state index in [1.165, 1.54) is 17.0 Å². The highest BCUT2D eigenvalue weighted by atomic mass is 19.1. The largest absolute Gasteiger partial charge is 0.315 e. The van der Waals surface area contributed by atoms with E-state index in [0.29, 0.717) is 5.92 Å². The number of fused-ring (bicyclic) bond motifs is 1. The van der Waals surface area contributed by atoms with E-state index >= 15 is 0 Å². The standard InChI is InChI=1S/C13H12FN/c14-11-4-5-13-9(6-11)2-1-3-12(13)10-7-15-8-10/h1-6,10,15H,7-8H2. The van der Waals surface area contributed by atoms with Gasteiger partial charge in [-0.05, 0) is 28.5 Å². The molecule has 1 aliphatic heterocycles. The first-order valence-electron chi connectivity index (χ1n) is 5.23. The van der Waals surface area contributed by atoms with Gasteiger partial charge < -0.3 is 5.32 Å². The lowest BCUT2D eigenvalue weighted by Gasteiger charge is -2.28. The molecule has 2 aromatic carbocycles. The van der Waals surface area contributed by atoms with Crippen LogP contribution >= 0.6 is 0 Å². The van der Waals surface area contributed by atoms with Crippen molar-refractivity contribution >= 4 is 10.8 Å². The zero-order valence-electron chi connectivity index (χ0n) is 8.33. The first-order chi connectivity index (χ1) is 7.34. The Morgan fingerprint density at radius 3 is 2.73 bits per heavy atom. The van der Waals surface area contributed by atoms with Gasteiger partial charge in [-0.15, -0.1) is 0 Å². The molecule has 0 bridgehead atoms. The Bertz CT molecular complexity index is 503. The van der Waals surface area contributed by atoms with Gasteiger partial charge >= 0.3 is 0 Å². The minimum absolute atomic E-state index is 0.161. The molecule has 1 heterocycles. The SMILES string of the molecule is Fc1ccc2c(C3CNC3)cccc2c1. The van der Waals surface area contributed by atoms with Crippen LogP contribution in [0.15, 0.2) is 36.4 Å². The lowest BCUT2D eigenvalue weighted by Crippen LogP contribution is -2.39. The lowest BCUT2D eigenvalue weighted by atomic mass is 9.89. The van der Waals surface area contributed by atoms with Gasteiger partial charge in [0, 0.05) is 19.0 Å². The highest BCUT2D eigenvalue weighted by molar-refractivity contribution is 5.86. The molecular formula is C13H12FN. The maximum absolute atomic E-state index is 13.1. The molecule has 0 atom stereocenters. The molecule has 1 saturated heterocycles. The fourth-order valence-corrected chi connectivity index (χ4v) is 2.14. The van der Waals surface area contributed by atoms with Gasteiger partial charge in [0.15, 0.2) is 0 Å². The van der Waals surface area contributed by atoms with Crippen molar-refractivity contribution < 1.29 is 4.39 Å². The molecule has 1 N–H and O–H groups in total. The van der Waals surface area contributed by atoms with Crippen molar-refractivity contribution in [2.75, 3.05) is 13.1 Å². The van der Waals surface area contributed by atoms with Crippen molar-refractivity contribution in [3.8, 4) is 0 Å². The monoisotopic (exact) mass is 201 g/mol. The average molecular weight is 201 g/mol. The van der Waals surface area contributed by atoms with Gasteiger partial charge in [0.2, 0.25) is 0 Å². The Morgan fingerprint density at radius 2 is 2.00 bits per heavy atom. The van der Waals surface area contributed by atoms with E-state index in [1.54, 1.807) is 6.07 Å². The summed E-state index contributed by atoms with van der Waals surface area (Å²) < 4.78 is 13.1. The van der Waals surface area contributed by atoms with Crippen molar-refractivity contribution in [2.24, 2.45) is 0 Å². The van der Waals surface area contributed by atoms with Gasteiger partial charge in [0.05, 0.1) is 0 Å². The van der Waals surface area contributed by atoms with Gasteiger partial charge in [-0.3, -0.25) is 0 Å². The normalized spacial score (nSPS) is 16.6. The first-order valence-corrected chi connectivity index (χ1v) is 5.23. The topological polar surface area (TPSA) is 12.0 Å². The minimum Gasteiger partial charge on any atom is -0.315 e. The van der Waals surface area contributed by atoms with Crippen LogP contribution < -0.4 is 5.32 Å². The third-order valence-electron chi connectivity index (χ3n) is 3.10. The van der Waals surface area contributed by atoms with Gasteiger partial charge in [-0.25, -0.2) is 4.39 Å². The van der Waals surface area contributed by atoms with E-state index in [0.717, 1.165) is 18.5 Å². The maximum Gasteiger partial charge on any atom is 0.123 e. The quantitative estimate of drug-likeness (QED) is 0.748. The number of nitrogens with one attached hydrogen (secondary N) is 1. The molecule has 76 valence electrons.